The van der Waals surface area contributed by atoms with E-state index in [1.165, 1.54) is 6.92 Å². The van der Waals surface area contributed by atoms with Crippen molar-refractivity contribution in [1.29, 1.82) is 0 Å². The predicted molar refractivity (Wildman–Crippen MR) is 37.1 cm³/mol. The Kier molecular flexibility index (Phi) is 3.40. The van der Waals surface area contributed by atoms with E-state index in [1.807, 2.05) is 0 Å². The zero-order chi connectivity index (χ0) is 8.20. The summed E-state index contributed by atoms with van der Waals surface area (Å²) in [4.78, 5) is 0. The molecule has 0 fully saturated rings. The first-order valence-corrected chi connectivity index (χ1v) is 4.38. The third-order valence-electron chi connectivity index (χ3n) is 0.915. The molecule has 1 unspecified atom stereocenters. The van der Waals surface area contributed by atoms with Gasteiger partial charge in [-0.2, -0.15) is 8.42 Å². The van der Waals surface area contributed by atoms with Gasteiger partial charge in [-0.1, -0.05) is 17.4 Å². The summed E-state index contributed by atoms with van der Waals surface area (Å²) in [5, 5.41) is -1.08. The van der Waals surface area contributed by atoms with Crippen molar-refractivity contribution < 1.29 is 13.0 Å². The zero-order valence-electron chi connectivity index (χ0n) is 5.92. The van der Waals surface area contributed by atoms with E-state index in [0.29, 0.717) is 6.42 Å². The summed E-state index contributed by atoms with van der Waals surface area (Å²) in [7, 11) is -4.20. The van der Waals surface area contributed by atoms with Gasteiger partial charge >= 0.3 is 10.1 Å². The van der Waals surface area contributed by atoms with Crippen LogP contribution in [0.5, 0.6) is 0 Å². The molecule has 10 heavy (non-hydrogen) atoms. The summed E-state index contributed by atoms with van der Waals surface area (Å²) < 4.78 is 30.5. The molecule has 1 radical (unpaired) electrons. The highest BCUT2D eigenvalue weighted by atomic mass is 32.2. The van der Waals surface area contributed by atoms with E-state index in [2.05, 4.69) is 11.8 Å². The van der Waals surface area contributed by atoms with Gasteiger partial charge in [0.1, 0.15) is 5.25 Å². The van der Waals surface area contributed by atoms with Crippen molar-refractivity contribution in [2.75, 3.05) is 0 Å². The molecule has 4 heteroatoms. The molecular weight excluding hydrogens is 152 g/mol. The van der Waals surface area contributed by atoms with Gasteiger partial charge in [0.2, 0.25) is 0 Å². The van der Waals surface area contributed by atoms with Gasteiger partial charge < -0.3 is 0 Å². The van der Waals surface area contributed by atoms with E-state index in [1.54, 1.807) is 6.92 Å². The first kappa shape index (κ1) is 9.47. The largest absolute Gasteiger partial charge is 0.308 e. The highest BCUT2D eigenvalue weighted by Crippen LogP contribution is 1.95. The number of rotatable bonds is 1. The Labute approximate surface area is 61.2 Å². The molecule has 3 nitrogen and oxygen atoms in total. The first-order chi connectivity index (χ1) is 4.48. The molecule has 0 aliphatic carbocycles. The molecule has 0 saturated heterocycles. The lowest BCUT2D eigenvalue weighted by Crippen LogP contribution is -2.12. The summed E-state index contributed by atoms with van der Waals surface area (Å²) in [6.45, 7) is 3.07. The zero-order valence-corrected chi connectivity index (χ0v) is 6.73. The Morgan fingerprint density at radius 3 is 2.30 bits per heavy atom. The lowest BCUT2D eigenvalue weighted by Gasteiger charge is -1.93. The van der Waals surface area contributed by atoms with Crippen LogP contribution in [0.25, 0.3) is 0 Å². The van der Waals surface area contributed by atoms with E-state index in [0.717, 1.165) is 0 Å². The fourth-order valence-electron chi connectivity index (χ4n) is 0.318. The molecule has 0 saturated carbocycles. The van der Waals surface area contributed by atoms with Crippen LogP contribution in [0.1, 0.15) is 20.3 Å². The quantitative estimate of drug-likeness (QED) is 0.527. The molecule has 0 spiro atoms. The minimum Gasteiger partial charge on any atom is -0.196 e. The van der Waals surface area contributed by atoms with Crippen LogP contribution in [0.15, 0.2) is 0 Å². The van der Waals surface area contributed by atoms with Gasteiger partial charge in [-0.3, -0.25) is 0 Å². The molecule has 0 aliphatic rings. The maximum absolute atomic E-state index is 10.2. The van der Waals surface area contributed by atoms with E-state index in [4.69, 9.17) is 0 Å². The second kappa shape index (κ2) is 3.59. The van der Waals surface area contributed by atoms with Gasteiger partial charge in [0.15, 0.2) is 0 Å². The van der Waals surface area contributed by atoms with Gasteiger partial charge in [0, 0.05) is 6.42 Å². The van der Waals surface area contributed by atoms with Gasteiger partial charge in [-0.15, -0.1) is 5.92 Å². The lowest BCUT2D eigenvalue weighted by atomic mass is 10.4. The Morgan fingerprint density at radius 1 is 1.50 bits per heavy atom. The highest BCUT2D eigenvalue weighted by molar-refractivity contribution is 7.86. The molecule has 57 valence electrons. The summed E-state index contributed by atoms with van der Waals surface area (Å²) in [5.41, 5.74) is 0. The Balaban J connectivity index is 4.26. The third kappa shape index (κ3) is 3.49. The smallest absolute Gasteiger partial charge is 0.196 e. The predicted octanol–water partition coefficient (Wildman–Crippen LogP) is 0.549. The SMILES string of the molecule is CCC#CC(C)S([O])(=O)=O. The standard InChI is InChI=1S/C6H9O3S/c1-3-4-5-6(2)10(7,8)9/h6H,3H2,1-2H3. The topological polar surface area (TPSA) is 54.0 Å². The molecule has 0 heterocycles. The van der Waals surface area contributed by atoms with Crippen LogP contribution in [0, 0.1) is 11.8 Å². The van der Waals surface area contributed by atoms with Gasteiger partial charge in [-0.25, -0.2) is 0 Å². The summed E-state index contributed by atoms with van der Waals surface area (Å²) in [6.07, 6.45) is 0.569. The van der Waals surface area contributed by atoms with Crippen LogP contribution in [0.4, 0.5) is 0 Å². The molecular formula is C6H9O3S. The van der Waals surface area contributed by atoms with Crippen LogP contribution in [0.3, 0.4) is 0 Å². The minimum atomic E-state index is -4.20. The molecule has 1 atom stereocenters. The van der Waals surface area contributed by atoms with E-state index < -0.39 is 15.4 Å². The maximum atomic E-state index is 10.2. The van der Waals surface area contributed by atoms with E-state index in [-0.39, 0.29) is 0 Å². The van der Waals surface area contributed by atoms with Crippen molar-refractivity contribution in [1.82, 2.24) is 0 Å². The van der Waals surface area contributed by atoms with Crippen LogP contribution >= 0.6 is 0 Å². The molecule has 0 N–H and O–H groups in total. The fraction of sp³-hybridized carbons (Fsp3) is 0.667. The van der Waals surface area contributed by atoms with E-state index in [9.17, 15) is 13.0 Å². The molecule has 0 aliphatic heterocycles. The normalized spacial score (nSPS) is 13.5. The second-order valence-electron chi connectivity index (χ2n) is 1.81. The Morgan fingerprint density at radius 2 is 2.00 bits per heavy atom. The van der Waals surface area contributed by atoms with Crippen molar-refractivity contribution in [3.05, 3.63) is 0 Å². The Hall–Kier alpha value is -0.530. The minimum absolute atomic E-state index is 0.569. The van der Waals surface area contributed by atoms with Gasteiger partial charge in [-0.05, 0) is 6.92 Å². The molecule has 0 aromatic heterocycles. The van der Waals surface area contributed by atoms with E-state index >= 15 is 0 Å². The van der Waals surface area contributed by atoms with Crippen LogP contribution in [-0.4, -0.2) is 13.7 Å². The van der Waals surface area contributed by atoms with Crippen molar-refractivity contribution >= 4 is 10.1 Å². The van der Waals surface area contributed by atoms with Crippen molar-refractivity contribution in [3.63, 3.8) is 0 Å². The molecule has 0 amide bonds. The molecule has 0 aromatic carbocycles. The summed E-state index contributed by atoms with van der Waals surface area (Å²) >= 11 is 0. The monoisotopic (exact) mass is 161 g/mol. The van der Waals surface area contributed by atoms with Crippen molar-refractivity contribution in [3.8, 4) is 11.8 Å². The van der Waals surface area contributed by atoms with Crippen molar-refractivity contribution in [2.45, 2.75) is 25.5 Å². The molecule has 0 aromatic rings. The number of hydrogen-bond acceptors (Lipinski definition) is 2. The van der Waals surface area contributed by atoms with Crippen LogP contribution in [-0.2, 0) is 14.7 Å². The van der Waals surface area contributed by atoms with Crippen LogP contribution in [0.2, 0.25) is 0 Å². The summed E-state index contributed by atoms with van der Waals surface area (Å²) in [5.74, 6) is 4.85. The third-order valence-corrected chi connectivity index (χ3v) is 1.90. The van der Waals surface area contributed by atoms with Crippen molar-refractivity contribution in [2.24, 2.45) is 0 Å². The first-order valence-electron chi connectivity index (χ1n) is 2.91. The summed E-state index contributed by atoms with van der Waals surface area (Å²) in [6, 6.07) is 0. The fourth-order valence-corrected chi connectivity index (χ4v) is 0.546. The highest BCUT2D eigenvalue weighted by Gasteiger charge is 2.15. The second-order valence-corrected chi connectivity index (χ2v) is 3.50. The van der Waals surface area contributed by atoms with Gasteiger partial charge in [0.25, 0.3) is 0 Å². The van der Waals surface area contributed by atoms with Gasteiger partial charge in [0.05, 0.1) is 0 Å². The molecule has 0 rings (SSSR count). The Bertz CT molecular complexity index is 242. The van der Waals surface area contributed by atoms with Crippen LogP contribution < -0.4 is 0 Å². The average Bonchev–Trinajstić information content (AvgIpc) is 1.80. The maximum Gasteiger partial charge on any atom is 0.308 e. The lowest BCUT2D eigenvalue weighted by molar-refractivity contribution is 0.410. The number of hydrogen-bond donors (Lipinski definition) is 0. The molecule has 0 bridgehead atoms. The average molecular weight is 161 g/mol.